The van der Waals surface area contributed by atoms with Crippen molar-refractivity contribution < 1.29 is 24.5 Å². The highest BCUT2D eigenvalue weighted by Gasteiger charge is 2.30. The average molecular weight is 501 g/mol. The van der Waals surface area contributed by atoms with Crippen LogP contribution in [0.15, 0.2) is 66.7 Å². The Kier molecular flexibility index (Phi) is 7.42. The summed E-state index contributed by atoms with van der Waals surface area (Å²) in [6, 6.07) is 20.1. The van der Waals surface area contributed by atoms with Crippen molar-refractivity contribution in [1.82, 2.24) is 10.2 Å². The van der Waals surface area contributed by atoms with E-state index in [-0.39, 0.29) is 24.7 Å². The molecule has 1 atom stereocenters. The molecule has 1 fully saturated rings. The van der Waals surface area contributed by atoms with Crippen molar-refractivity contribution in [1.29, 1.82) is 0 Å². The van der Waals surface area contributed by atoms with Crippen LogP contribution in [0.25, 0.3) is 11.1 Å². The van der Waals surface area contributed by atoms with Crippen molar-refractivity contribution in [3.8, 4) is 16.9 Å². The van der Waals surface area contributed by atoms with E-state index < -0.39 is 18.1 Å². The Balaban J connectivity index is 1.22. The minimum atomic E-state index is -1.15. The number of phenols is 1. The first-order valence-electron chi connectivity index (χ1n) is 12.9. The number of aliphatic carboxylic acids is 1. The Bertz CT molecular complexity index is 1240. The number of phenolic OH excluding ortho intramolecular Hbond substituents is 1. The van der Waals surface area contributed by atoms with E-state index in [4.69, 9.17) is 4.74 Å². The van der Waals surface area contributed by atoms with E-state index in [1.807, 2.05) is 42.5 Å². The second-order valence-electron chi connectivity index (χ2n) is 9.86. The van der Waals surface area contributed by atoms with Gasteiger partial charge in [0.05, 0.1) is 0 Å². The smallest absolute Gasteiger partial charge is 0.407 e. The Morgan fingerprint density at radius 1 is 0.946 bits per heavy atom. The highest BCUT2D eigenvalue weighted by atomic mass is 16.5. The molecule has 1 amide bonds. The quantitative estimate of drug-likeness (QED) is 0.406. The number of benzene rings is 3. The van der Waals surface area contributed by atoms with Gasteiger partial charge in [-0.2, -0.15) is 0 Å². The Labute approximate surface area is 216 Å². The molecule has 0 aromatic heterocycles. The zero-order valence-corrected chi connectivity index (χ0v) is 20.7. The van der Waals surface area contributed by atoms with Gasteiger partial charge in [0.1, 0.15) is 18.4 Å². The fraction of sp³-hybridized carbons (Fsp3) is 0.333. The van der Waals surface area contributed by atoms with E-state index in [2.05, 4.69) is 22.3 Å². The lowest BCUT2D eigenvalue weighted by Gasteiger charge is -2.27. The molecule has 3 N–H and O–H groups in total. The van der Waals surface area contributed by atoms with Crippen molar-refractivity contribution in [2.24, 2.45) is 0 Å². The molecule has 192 valence electrons. The van der Waals surface area contributed by atoms with Crippen LogP contribution >= 0.6 is 0 Å². The first-order valence-corrected chi connectivity index (χ1v) is 12.9. The number of hydrogen-bond donors (Lipinski definition) is 3. The molecule has 3 aromatic rings. The molecule has 7 heteroatoms. The molecule has 1 aliphatic heterocycles. The molecule has 3 aromatic carbocycles. The Morgan fingerprint density at radius 3 is 2.24 bits per heavy atom. The predicted octanol–water partition coefficient (Wildman–Crippen LogP) is 4.91. The van der Waals surface area contributed by atoms with Gasteiger partial charge >= 0.3 is 12.1 Å². The van der Waals surface area contributed by atoms with Gasteiger partial charge in [0, 0.05) is 24.4 Å². The molecule has 37 heavy (non-hydrogen) atoms. The van der Waals surface area contributed by atoms with E-state index in [1.54, 1.807) is 12.1 Å². The van der Waals surface area contributed by atoms with Crippen molar-refractivity contribution in [3.05, 3.63) is 89.0 Å². The number of carbonyl (C=O) groups is 2. The minimum Gasteiger partial charge on any atom is -0.508 e. The highest BCUT2D eigenvalue weighted by Crippen LogP contribution is 2.44. The third kappa shape index (κ3) is 5.62. The zero-order chi connectivity index (χ0) is 25.8. The SMILES string of the molecule is O=C(NC(Cc1ccc(O)c(CN2CCCCC2)c1)C(=O)O)OCC1c2ccccc2-c2ccccc21. The van der Waals surface area contributed by atoms with Crippen LogP contribution in [0.5, 0.6) is 5.75 Å². The zero-order valence-electron chi connectivity index (χ0n) is 20.7. The van der Waals surface area contributed by atoms with Gasteiger partial charge in [-0.25, -0.2) is 9.59 Å². The first-order chi connectivity index (χ1) is 18.0. The number of likely N-dealkylation sites (tertiary alicyclic amines) is 1. The lowest BCUT2D eigenvalue weighted by atomic mass is 9.98. The number of alkyl carbamates (subject to hydrolysis) is 1. The summed E-state index contributed by atoms with van der Waals surface area (Å²) in [4.78, 5) is 26.9. The Hall–Kier alpha value is -3.84. The molecule has 1 heterocycles. The van der Waals surface area contributed by atoms with Crippen molar-refractivity contribution in [3.63, 3.8) is 0 Å². The van der Waals surface area contributed by atoms with Gasteiger partial charge < -0.3 is 20.3 Å². The maximum atomic E-state index is 12.7. The molecule has 2 aliphatic rings. The summed E-state index contributed by atoms with van der Waals surface area (Å²) in [5.41, 5.74) is 5.94. The van der Waals surface area contributed by atoms with Gasteiger partial charge in [0.15, 0.2) is 0 Å². The van der Waals surface area contributed by atoms with E-state index in [9.17, 15) is 19.8 Å². The molecule has 0 bridgehead atoms. The number of hydrogen-bond acceptors (Lipinski definition) is 5. The van der Waals surface area contributed by atoms with E-state index >= 15 is 0 Å². The topological polar surface area (TPSA) is 99.1 Å². The molecular weight excluding hydrogens is 468 g/mol. The summed E-state index contributed by atoms with van der Waals surface area (Å²) < 4.78 is 5.54. The van der Waals surface area contributed by atoms with Gasteiger partial charge in [-0.05, 0) is 59.8 Å². The lowest BCUT2D eigenvalue weighted by molar-refractivity contribution is -0.139. The summed E-state index contributed by atoms with van der Waals surface area (Å²) in [6.45, 7) is 2.72. The van der Waals surface area contributed by atoms with Gasteiger partial charge in [-0.15, -0.1) is 0 Å². The lowest BCUT2D eigenvalue weighted by Crippen LogP contribution is -2.43. The second-order valence-corrected chi connectivity index (χ2v) is 9.86. The van der Waals surface area contributed by atoms with Crippen molar-refractivity contribution in [2.75, 3.05) is 19.7 Å². The summed E-state index contributed by atoms with van der Waals surface area (Å²) >= 11 is 0. The van der Waals surface area contributed by atoms with Gasteiger partial charge in [0.25, 0.3) is 0 Å². The average Bonchev–Trinajstić information content (AvgIpc) is 3.23. The number of piperidine rings is 1. The largest absolute Gasteiger partial charge is 0.508 e. The summed E-state index contributed by atoms with van der Waals surface area (Å²) in [5, 5.41) is 22.6. The third-order valence-electron chi connectivity index (χ3n) is 7.36. The predicted molar refractivity (Wildman–Crippen MR) is 141 cm³/mol. The van der Waals surface area contributed by atoms with Crippen molar-refractivity contribution in [2.45, 2.75) is 44.2 Å². The molecule has 0 radical (unpaired) electrons. The van der Waals surface area contributed by atoms with Crippen LogP contribution < -0.4 is 5.32 Å². The van der Waals surface area contributed by atoms with Gasteiger partial charge in [-0.3, -0.25) is 4.90 Å². The van der Waals surface area contributed by atoms with Crippen LogP contribution in [0.1, 0.15) is 47.4 Å². The molecule has 7 nitrogen and oxygen atoms in total. The number of carboxylic acids is 1. The fourth-order valence-corrected chi connectivity index (χ4v) is 5.47. The summed E-state index contributed by atoms with van der Waals surface area (Å²) in [5.74, 6) is -1.04. The number of ether oxygens (including phenoxy) is 1. The number of rotatable bonds is 8. The second kappa shape index (κ2) is 11.0. The van der Waals surface area contributed by atoms with Gasteiger partial charge in [-0.1, -0.05) is 67.1 Å². The van der Waals surface area contributed by atoms with Gasteiger partial charge in [0.2, 0.25) is 0 Å². The number of carboxylic acid groups (broad SMARTS) is 1. The fourth-order valence-electron chi connectivity index (χ4n) is 5.47. The summed E-state index contributed by atoms with van der Waals surface area (Å²) in [7, 11) is 0. The van der Waals surface area contributed by atoms with Crippen molar-refractivity contribution >= 4 is 12.1 Å². The standard InChI is InChI=1S/C30H32N2O5/c33-28-13-12-20(16-21(28)18-32-14-6-1-7-15-32)17-27(29(34)35)31-30(36)37-19-26-24-10-4-2-8-22(24)23-9-3-5-11-25(23)26/h2-5,8-13,16,26-27,33H,1,6-7,14-15,17-19H2,(H,31,36)(H,34,35). The maximum Gasteiger partial charge on any atom is 0.407 e. The molecule has 0 spiro atoms. The number of nitrogens with zero attached hydrogens (tertiary/aromatic N) is 1. The summed E-state index contributed by atoms with van der Waals surface area (Å²) in [6.07, 6.45) is 2.84. The normalized spacial score (nSPS) is 16.0. The number of fused-ring (bicyclic) bond motifs is 3. The number of amides is 1. The third-order valence-corrected chi connectivity index (χ3v) is 7.36. The van der Waals surface area contributed by atoms with Crippen LogP contribution in [0.3, 0.4) is 0 Å². The molecular formula is C30H32N2O5. The van der Waals surface area contributed by atoms with E-state index in [1.165, 1.54) is 6.42 Å². The van der Waals surface area contributed by atoms with Crippen LogP contribution in [-0.2, 0) is 22.5 Å². The molecule has 1 saturated heterocycles. The van der Waals surface area contributed by atoms with Crippen LogP contribution in [0, 0.1) is 0 Å². The van der Waals surface area contributed by atoms with Crippen LogP contribution in [0.2, 0.25) is 0 Å². The highest BCUT2D eigenvalue weighted by molar-refractivity contribution is 5.81. The van der Waals surface area contributed by atoms with Crippen LogP contribution in [0.4, 0.5) is 4.79 Å². The van der Waals surface area contributed by atoms with E-state index in [0.717, 1.165) is 59.3 Å². The first kappa shape index (κ1) is 24.8. The number of nitrogens with one attached hydrogen (secondary N) is 1. The number of aromatic hydroxyl groups is 1. The van der Waals surface area contributed by atoms with E-state index in [0.29, 0.717) is 6.54 Å². The Morgan fingerprint density at radius 2 is 1.59 bits per heavy atom. The molecule has 1 aliphatic carbocycles. The minimum absolute atomic E-state index is 0.0901. The molecule has 0 saturated carbocycles. The maximum absolute atomic E-state index is 12.7. The molecule has 1 unspecified atom stereocenters. The molecule has 5 rings (SSSR count). The number of carbonyl (C=O) groups excluding carboxylic acids is 1. The van der Waals surface area contributed by atoms with Crippen LogP contribution in [-0.4, -0.2) is 52.9 Å². The monoisotopic (exact) mass is 500 g/mol.